The molecule has 1 atom stereocenters. The molecule has 0 bridgehead atoms. The number of ether oxygens (including phenoxy) is 3. The first-order valence-electron chi connectivity index (χ1n) is 12.1. The number of carbonyl (C=O) groups excluding carboxylic acids is 1. The summed E-state index contributed by atoms with van der Waals surface area (Å²) in [6.07, 6.45) is 2.59. The fourth-order valence-corrected chi connectivity index (χ4v) is 4.65. The largest absolute Gasteiger partial charge is 0.493 e. The number of rotatable bonds is 10. The summed E-state index contributed by atoms with van der Waals surface area (Å²) in [5.41, 5.74) is 3.00. The van der Waals surface area contributed by atoms with Crippen molar-refractivity contribution in [1.29, 1.82) is 0 Å². The summed E-state index contributed by atoms with van der Waals surface area (Å²) in [5, 5.41) is 0. The average Bonchev–Trinajstić information content (AvgIpc) is 3.41. The molecule has 1 amide bonds. The molecular weight excluding hydrogens is 444 g/mol. The molecule has 1 aromatic heterocycles. The van der Waals surface area contributed by atoms with E-state index in [1.807, 2.05) is 50.2 Å². The van der Waals surface area contributed by atoms with Gasteiger partial charge in [-0.15, -0.1) is 0 Å². The summed E-state index contributed by atoms with van der Waals surface area (Å²) in [4.78, 5) is 17.0. The van der Waals surface area contributed by atoms with Crippen molar-refractivity contribution in [2.24, 2.45) is 0 Å². The first-order chi connectivity index (χ1) is 17.1. The number of hydrogen-bond acceptors (Lipinski definition) is 6. The third-order valence-electron chi connectivity index (χ3n) is 6.59. The van der Waals surface area contributed by atoms with E-state index in [1.54, 1.807) is 25.4 Å². The number of benzene rings is 2. The predicted octanol–water partition coefficient (Wildman–Crippen LogP) is 4.96. The Morgan fingerprint density at radius 3 is 2.51 bits per heavy atom. The molecule has 1 aliphatic heterocycles. The minimum absolute atomic E-state index is 0.0136. The zero-order valence-electron chi connectivity index (χ0n) is 21.0. The lowest BCUT2D eigenvalue weighted by molar-refractivity contribution is 0.0771. The lowest BCUT2D eigenvalue weighted by Crippen LogP contribution is -2.38. The maximum atomic E-state index is 12.8. The maximum absolute atomic E-state index is 12.8. The highest BCUT2D eigenvalue weighted by Crippen LogP contribution is 2.39. The van der Waals surface area contributed by atoms with Crippen molar-refractivity contribution in [3.8, 4) is 17.2 Å². The lowest BCUT2D eigenvalue weighted by atomic mass is 9.92. The number of furan rings is 1. The Morgan fingerprint density at radius 1 is 1.06 bits per heavy atom. The van der Waals surface area contributed by atoms with Gasteiger partial charge in [-0.1, -0.05) is 6.07 Å². The highest BCUT2D eigenvalue weighted by molar-refractivity contribution is 5.94. The second kappa shape index (κ2) is 11.3. The van der Waals surface area contributed by atoms with Crippen LogP contribution in [-0.4, -0.2) is 56.2 Å². The molecule has 2 heterocycles. The Labute approximate surface area is 207 Å². The van der Waals surface area contributed by atoms with Gasteiger partial charge in [0.15, 0.2) is 11.5 Å². The van der Waals surface area contributed by atoms with E-state index in [2.05, 4.69) is 17.0 Å². The van der Waals surface area contributed by atoms with Gasteiger partial charge in [0.1, 0.15) is 18.1 Å². The average molecular weight is 479 g/mol. The van der Waals surface area contributed by atoms with Crippen LogP contribution in [0.3, 0.4) is 0 Å². The highest BCUT2D eigenvalue weighted by Gasteiger charge is 2.30. The summed E-state index contributed by atoms with van der Waals surface area (Å²) in [5.74, 6) is 3.02. The van der Waals surface area contributed by atoms with Crippen LogP contribution in [-0.2, 0) is 13.0 Å². The van der Waals surface area contributed by atoms with Crippen molar-refractivity contribution in [1.82, 2.24) is 9.80 Å². The molecule has 0 saturated carbocycles. The Bertz CT molecular complexity index is 1120. The van der Waals surface area contributed by atoms with Gasteiger partial charge in [-0.3, -0.25) is 9.69 Å². The lowest BCUT2D eigenvalue weighted by Gasteiger charge is -2.37. The van der Waals surface area contributed by atoms with Gasteiger partial charge in [-0.05, 0) is 73.9 Å². The van der Waals surface area contributed by atoms with Crippen LogP contribution in [0.2, 0.25) is 0 Å². The zero-order valence-corrected chi connectivity index (χ0v) is 21.0. The molecule has 2 aromatic carbocycles. The van der Waals surface area contributed by atoms with Crippen LogP contribution in [0.5, 0.6) is 17.2 Å². The molecule has 4 rings (SSSR count). The van der Waals surface area contributed by atoms with Crippen molar-refractivity contribution in [3.63, 3.8) is 0 Å². The van der Waals surface area contributed by atoms with Crippen molar-refractivity contribution < 1.29 is 23.4 Å². The molecular formula is C28H34N2O5. The van der Waals surface area contributed by atoms with E-state index >= 15 is 0 Å². The number of carbonyl (C=O) groups is 1. The molecule has 0 aliphatic carbocycles. The third-order valence-corrected chi connectivity index (χ3v) is 6.59. The first kappa shape index (κ1) is 24.7. The van der Waals surface area contributed by atoms with Crippen LogP contribution in [0.4, 0.5) is 0 Å². The number of nitrogens with zero attached hydrogens (tertiary/aromatic N) is 2. The Balaban J connectivity index is 1.60. The Kier molecular flexibility index (Phi) is 7.98. The molecule has 186 valence electrons. The molecule has 0 N–H and O–H groups in total. The van der Waals surface area contributed by atoms with Crippen molar-refractivity contribution >= 4 is 5.91 Å². The summed E-state index contributed by atoms with van der Waals surface area (Å²) < 4.78 is 23.1. The molecule has 0 fully saturated rings. The van der Waals surface area contributed by atoms with E-state index in [0.717, 1.165) is 30.0 Å². The molecule has 7 heteroatoms. The topological polar surface area (TPSA) is 64.4 Å². The zero-order chi connectivity index (χ0) is 24.8. The Hall–Kier alpha value is -3.45. The number of amides is 1. The van der Waals surface area contributed by atoms with Crippen molar-refractivity contribution in [3.05, 3.63) is 77.2 Å². The van der Waals surface area contributed by atoms with Crippen LogP contribution >= 0.6 is 0 Å². The van der Waals surface area contributed by atoms with Gasteiger partial charge >= 0.3 is 0 Å². The monoisotopic (exact) mass is 478 g/mol. The van der Waals surface area contributed by atoms with Crippen LogP contribution in [0, 0.1) is 0 Å². The first-order valence-corrected chi connectivity index (χ1v) is 12.1. The number of methoxy groups -OCH3 is 2. The van der Waals surface area contributed by atoms with E-state index in [0.29, 0.717) is 43.3 Å². The van der Waals surface area contributed by atoms with Gasteiger partial charge in [0.05, 0.1) is 33.1 Å². The van der Waals surface area contributed by atoms with Crippen molar-refractivity contribution in [2.75, 3.05) is 40.5 Å². The minimum Gasteiger partial charge on any atom is -0.493 e. The third kappa shape index (κ3) is 5.46. The van der Waals surface area contributed by atoms with E-state index in [9.17, 15) is 4.79 Å². The summed E-state index contributed by atoms with van der Waals surface area (Å²) in [7, 11) is 3.31. The summed E-state index contributed by atoms with van der Waals surface area (Å²) >= 11 is 0. The summed E-state index contributed by atoms with van der Waals surface area (Å²) in [6.45, 7) is 7.27. The quantitative estimate of drug-likeness (QED) is 0.411. The van der Waals surface area contributed by atoms with Crippen LogP contribution in [0.15, 0.2) is 59.2 Å². The highest BCUT2D eigenvalue weighted by atomic mass is 16.5. The van der Waals surface area contributed by atoms with E-state index in [-0.39, 0.29) is 11.9 Å². The van der Waals surface area contributed by atoms with Gasteiger partial charge in [0, 0.05) is 25.2 Å². The summed E-state index contributed by atoms with van der Waals surface area (Å²) in [6, 6.07) is 15.4. The SMILES string of the molecule is CCN(CC)C(=O)c1cccc(OCC2c3cc(OC)c(OC)cc3CCN2Cc2ccco2)c1. The molecule has 0 spiro atoms. The normalized spacial score (nSPS) is 15.4. The van der Waals surface area contributed by atoms with Crippen molar-refractivity contribution in [2.45, 2.75) is 32.9 Å². The van der Waals surface area contributed by atoms with Gasteiger partial charge in [-0.2, -0.15) is 0 Å². The fraction of sp³-hybridized carbons (Fsp3) is 0.393. The van der Waals surface area contributed by atoms with Crippen LogP contribution in [0.1, 0.15) is 47.1 Å². The minimum atomic E-state index is -0.0224. The molecule has 1 unspecified atom stereocenters. The van der Waals surface area contributed by atoms with E-state index < -0.39 is 0 Å². The Morgan fingerprint density at radius 2 is 1.83 bits per heavy atom. The van der Waals surface area contributed by atoms with Gasteiger partial charge < -0.3 is 23.5 Å². The number of hydrogen-bond donors (Lipinski definition) is 0. The second-order valence-electron chi connectivity index (χ2n) is 8.54. The van der Waals surface area contributed by atoms with E-state index in [4.69, 9.17) is 18.6 Å². The molecule has 3 aromatic rings. The fourth-order valence-electron chi connectivity index (χ4n) is 4.65. The van der Waals surface area contributed by atoms with E-state index in [1.165, 1.54) is 5.56 Å². The molecule has 7 nitrogen and oxygen atoms in total. The van der Waals surface area contributed by atoms with Gasteiger partial charge in [0.25, 0.3) is 5.91 Å². The standard InChI is InChI=1S/C28H34N2O5/c1-5-29(6-2)28(31)21-9-7-10-22(15-21)35-19-25-24-17-27(33-4)26(32-3)16-20(24)12-13-30(25)18-23-11-8-14-34-23/h7-11,14-17,25H,5-6,12-13,18-19H2,1-4H3. The van der Waals surface area contributed by atoms with Gasteiger partial charge in [-0.25, -0.2) is 0 Å². The number of fused-ring (bicyclic) bond motifs is 1. The molecule has 1 aliphatic rings. The maximum Gasteiger partial charge on any atom is 0.253 e. The smallest absolute Gasteiger partial charge is 0.253 e. The molecule has 35 heavy (non-hydrogen) atoms. The van der Waals surface area contributed by atoms with Crippen LogP contribution in [0.25, 0.3) is 0 Å². The molecule has 0 saturated heterocycles. The van der Waals surface area contributed by atoms with Gasteiger partial charge in [0.2, 0.25) is 0 Å². The predicted molar refractivity (Wildman–Crippen MR) is 134 cm³/mol. The second-order valence-corrected chi connectivity index (χ2v) is 8.54. The van der Waals surface area contributed by atoms with Crippen LogP contribution < -0.4 is 14.2 Å². The molecule has 0 radical (unpaired) electrons.